The van der Waals surface area contributed by atoms with Crippen LogP contribution < -0.4 is 5.32 Å². The van der Waals surface area contributed by atoms with Crippen LogP contribution in [0.15, 0.2) is 6.20 Å². The molecule has 8 heteroatoms. The van der Waals surface area contributed by atoms with E-state index in [2.05, 4.69) is 20.2 Å². The fraction of sp³-hybridized carbons (Fsp3) is 0.750. The molecule has 2 fully saturated rings. The van der Waals surface area contributed by atoms with Gasteiger partial charge in [-0.2, -0.15) is 0 Å². The van der Waals surface area contributed by atoms with Gasteiger partial charge in [0.05, 0.1) is 30.6 Å². The molecule has 1 atom stereocenters. The van der Waals surface area contributed by atoms with Gasteiger partial charge in [0, 0.05) is 52.6 Å². The number of β-amino-alcohol motifs (C(OH)–C–C–N with tert-alkyl or cyclic N) is 1. The van der Waals surface area contributed by atoms with Crippen molar-refractivity contribution < 1.29 is 19.4 Å². The first-order valence-corrected chi connectivity index (χ1v) is 8.46. The Labute approximate surface area is 141 Å². The Morgan fingerprint density at radius 1 is 1.50 bits per heavy atom. The number of nitrogens with zero attached hydrogens (tertiary/aromatic N) is 2. The first-order chi connectivity index (χ1) is 11.5. The molecule has 1 amide bonds. The number of carbonyl (C=O) groups is 1. The molecule has 3 heterocycles. The molecule has 3 N–H and O–H groups in total. The van der Waals surface area contributed by atoms with Crippen molar-refractivity contribution in [3.63, 3.8) is 0 Å². The van der Waals surface area contributed by atoms with Crippen LogP contribution in [0.2, 0.25) is 0 Å². The molecule has 0 bridgehead atoms. The monoisotopic (exact) mass is 338 g/mol. The van der Waals surface area contributed by atoms with Crippen molar-refractivity contribution in [2.45, 2.75) is 38.0 Å². The highest BCUT2D eigenvalue weighted by Gasteiger charge is 2.34. The summed E-state index contributed by atoms with van der Waals surface area (Å²) in [6.45, 7) is 5.90. The highest BCUT2D eigenvalue weighted by molar-refractivity contribution is 5.72. The van der Waals surface area contributed by atoms with Gasteiger partial charge in [-0.25, -0.2) is 4.98 Å². The molecule has 24 heavy (non-hydrogen) atoms. The maximum atomic E-state index is 11.0. The molecule has 0 aromatic carbocycles. The Morgan fingerprint density at radius 3 is 3.04 bits per heavy atom. The summed E-state index contributed by atoms with van der Waals surface area (Å²) in [6.07, 6.45) is 2.93. The summed E-state index contributed by atoms with van der Waals surface area (Å²) in [7, 11) is 0. The summed E-state index contributed by atoms with van der Waals surface area (Å²) in [5, 5.41) is 13.4. The summed E-state index contributed by atoms with van der Waals surface area (Å²) in [6, 6.07) is 0. The van der Waals surface area contributed by atoms with Gasteiger partial charge in [-0.1, -0.05) is 0 Å². The van der Waals surface area contributed by atoms with Gasteiger partial charge in [0.2, 0.25) is 5.91 Å². The molecular formula is C16H26N4O4. The number of aromatic nitrogens is 2. The molecule has 0 unspecified atom stereocenters. The lowest BCUT2D eigenvalue weighted by Crippen LogP contribution is -2.50. The van der Waals surface area contributed by atoms with Gasteiger partial charge in [-0.3, -0.25) is 9.69 Å². The first-order valence-electron chi connectivity index (χ1n) is 8.46. The summed E-state index contributed by atoms with van der Waals surface area (Å²) < 4.78 is 11.2. The number of amides is 1. The average molecular weight is 338 g/mol. The Balaban J connectivity index is 1.56. The molecule has 0 radical (unpaired) electrons. The topological polar surface area (TPSA) is 99.7 Å². The molecule has 2 saturated heterocycles. The van der Waals surface area contributed by atoms with Crippen molar-refractivity contribution in [1.29, 1.82) is 0 Å². The van der Waals surface area contributed by atoms with Crippen LogP contribution in [0.1, 0.15) is 37.4 Å². The van der Waals surface area contributed by atoms with E-state index in [0.29, 0.717) is 52.3 Å². The van der Waals surface area contributed by atoms with E-state index in [1.165, 1.54) is 6.92 Å². The predicted molar refractivity (Wildman–Crippen MR) is 86.2 cm³/mol. The zero-order valence-corrected chi connectivity index (χ0v) is 14.1. The van der Waals surface area contributed by atoms with Crippen molar-refractivity contribution in [3.05, 3.63) is 17.7 Å². The first kappa shape index (κ1) is 17.3. The fourth-order valence-electron chi connectivity index (χ4n) is 3.19. The van der Waals surface area contributed by atoms with Crippen LogP contribution in [0, 0.1) is 0 Å². The molecule has 0 saturated carbocycles. The van der Waals surface area contributed by atoms with E-state index in [1.807, 2.05) is 0 Å². The van der Waals surface area contributed by atoms with Gasteiger partial charge >= 0.3 is 0 Å². The summed E-state index contributed by atoms with van der Waals surface area (Å²) in [5.74, 6) is 0.690. The molecule has 3 rings (SSSR count). The minimum atomic E-state index is -0.667. The minimum absolute atomic E-state index is 0.0732. The number of H-pyrrole nitrogens is 1. The lowest BCUT2D eigenvalue weighted by atomic mass is 9.93. The lowest BCUT2D eigenvalue weighted by Gasteiger charge is -2.39. The third-order valence-electron chi connectivity index (χ3n) is 4.57. The van der Waals surface area contributed by atoms with E-state index < -0.39 is 5.60 Å². The van der Waals surface area contributed by atoms with Crippen molar-refractivity contribution >= 4 is 5.91 Å². The van der Waals surface area contributed by atoms with Crippen molar-refractivity contribution in [1.82, 2.24) is 20.2 Å². The number of hydrogen-bond acceptors (Lipinski definition) is 6. The van der Waals surface area contributed by atoms with Crippen LogP contribution in [-0.4, -0.2) is 70.9 Å². The Hall–Kier alpha value is -1.48. The zero-order valence-electron chi connectivity index (χ0n) is 14.1. The number of nitrogens with one attached hydrogen (secondary N) is 2. The Kier molecular flexibility index (Phi) is 5.50. The molecule has 0 spiro atoms. The van der Waals surface area contributed by atoms with E-state index in [9.17, 15) is 9.90 Å². The minimum Gasteiger partial charge on any atom is -0.388 e. The van der Waals surface area contributed by atoms with Crippen molar-refractivity contribution in [2.24, 2.45) is 0 Å². The normalized spacial score (nSPS) is 24.7. The number of hydrogen-bond donors (Lipinski definition) is 3. The van der Waals surface area contributed by atoms with Crippen molar-refractivity contribution in [3.8, 4) is 0 Å². The van der Waals surface area contributed by atoms with Gasteiger partial charge in [0.25, 0.3) is 0 Å². The smallest absolute Gasteiger partial charge is 0.217 e. The SMILES string of the molecule is CC(=O)NCc1cnc([C@H]2CN(CC3(O)CCOCC3)CCO2)[nH]1. The van der Waals surface area contributed by atoms with Crippen LogP contribution in [0.5, 0.6) is 0 Å². The quantitative estimate of drug-likeness (QED) is 0.697. The largest absolute Gasteiger partial charge is 0.388 e. The van der Waals surface area contributed by atoms with E-state index in [1.54, 1.807) is 6.20 Å². The molecule has 134 valence electrons. The number of ether oxygens (including phenoxy) is 2. The third kappa shape index (κ3) is 4.54. The van der Waals surface area contributed by atoms with E-state index in [0.717, 1.165) is 18.1 Å². The van der Waals surface area contributed by atoms with E-state index >= 15 is 0 Å². The number of carbonyl (C=O) groups excluding carboxylic acids is 1. The molecule has 1 aromatic heterocycles. The second kappa shape index (κ2) is 7.60. The maximum Gasteiger partial charge on any atom is 0.217 e. The van der Waals surface area contributed by atoms with E-state index in [-0.39, 0.29) is 12.0 Å². The highest BCUT2D eigenvalue weighted by atomic mass is 16.5. The average Bonchev–Trinajstić information content (AvgIpc) is 3.02. The second-order valence-corrected chi connectivity index (χ2v) is 6.63. The van der Waals surface area contributed by atoms with Gasteiger partial charge in [0.1, 0.15) is 11.9 Å². The summed E-state index contributed by atoms with van der Waals surface area (Å²) >= 11 is 0. The Morgan fingerprint density at radius 2 is 2.29 bits per heavy atom. The lowest BCUT2D eigenvalue weighted by molar-refractivity contribution is -0.119. The van der Waals surface area contributed by atoms with Crippen LogP contribution >= 0.6 is 0 Å². The van der Waals surface area contributed by atoms with Crippen LogP contribution in [0.25, 0.3) is 0 Å². The van der Waals surface area contributed by atoms with Crippen LogP contribution in [0.4, 0.5) is 0 Å². The van der Waals surface area contributed by atoms with Gasteiger partial charge in [-0.05, 0) is 0 Å². The van der Waals surface area contributed by atoms with Gasteiger partial charge in [-0.15, -0.1) is 0 Å². The number of rotatable bonds is 5. The third-order valence-corrected chi connectivity index (χ3v) is 4.57. The second-order valence-electron chi connectivity index (χ2n) is 6.63. The van der Waals surface area contributed by atoms with Crippen LogP contribution in [-0.2, 0) is 20.8 Å². The summed E-state index contributed by atoms with van der Waals surface area (Å²) in [5.41, 5.74) is 0.184. The fourth-order valence-corrected chi connectivity index (χ4v) is 3.19. The Bertz CT molecular complexity index is 556. The number of aromatic amines is 1. The number of morpholine rings is 1. The van der Waals surface area contributed by atoms with Crippen molar-refractivity contribution in [2.75, 3.05) is 39.5 Å². The maximum absolute atomic E-state index is 11.0. The zero-order chi connectivity index (χ0) is 17.0. The molecule has 8 nitrogen and oxygen atoms in total. The molecule has 2 aliphatic rings. The molecule has 1 aromatic rings. The standard InChI is InChI=1S/C16H26N4O4/c1-12(21)17-8-13-9-18-15(19-13)14-10-20(4-7-24-14)11-16(22)2-5-23-6-3-16/h9,14,22H,2-8,10-11H2,1H3,(H,17,21)(H,18,19)/t14-/m1/s1. The summed E-state index contributed by atoms with van der Waals surface area (Å²) in [4.78, 5) is 20.8. The highest BCUT2D eigenvalue weighted by Crippen LogP contribution is 2.25. The predicted octanol–water partition coefficient (Wildman–Crippen LogP) is -0.0394. The molecular weight excluding hydrogens is 312 g/mol. The van der Waals surface area contributed by atoms with Crippen LogP contribution in [0.3, 0.4) is 0 Å². The van der Waals surface area contributed by atoms with E-state index in [4.69, 9.17) is 9.47 Å². The number of aliphatic hydroxyl groups is 1. The van der Waals surface area contributed by atoms with Gasteiger partial charge in [0.15, 0.2) is 0 Å². The molecule has 0 aliphatic carbocycles. The van der Waals surface area contributed by atoms with Gasteiger partial charge < -0.3 is 24.9 Å². The molecule has 2 aliphatic heterocycles. The number of imidazole rings is 1.